The summed E-state index contributed by atoms with van der Waals surface area (Å²) in [6, 6.07) is 0.705. The molecule has 1 saturated heterocycles. The lowest BCUT2D eigenvalue weighted by atomic mass is 9.65. The number of aliphatic hydroxyl groups is 1. The van der Waals surface area contributed by atoms with Crippen LogP contribution in [0, 0.1) is 17.8 Å². The predicted octanol–water partition coefficient (Wildman–Crippen LogP) is 2.29. The average molecular weight is 410 g/mol. The third kappa shape index (κ3) is 5.26. The van der Waals surface area contributed by atoms with Crippen molar-refractivity contribution in [3.63, 3.8) is 0 Å². The van der Waals surface area contributed by atoms with Gasteiger partial charge < -0.3 is 15.7 Å². The van der Waals surface area contributed by atoms with Crippen molar-refractivity contribution in [2.45, 2.75) is 70.6 Å². The fourth-order valence-corrected chi connectivity index (χ4v) is 5.31. The minimum absolute atomic E-state index is 0. The summed E-state index contributed by atoms with van der Waals surface area (Å²) in [5, 5.41) is 9.68. The molecule has 3 N–H and O–H groups in total. The standard InChI is InChI=1S/C19H35N3O2.2ClH/c1-3-17-12-22(8-7-21(17)11-13(2)23)19(24)16-9-14-5-4-6-15(10-16)18(14)20;;/h13-18,23H,3-12,20H2,1-2H3;2*1H. The zero-order valence-electron chi connectivity index (χ0n) is 16.2. The number of β-amino-alcohol motifs (C(OH)–C–C–N with tert-alkyl or cyclic N) is 1. The van der Waals surface area contributed by atoms with Crippen molar-refractivity contribution in [2.75, 3.05) is 26.2 Å². The second kappa shape index (κ2) is 10.5. The second-order valence-electron chi connectivity index (χ2n) is 8.39. The first-order chi connectivity index (χ1) is 11.5. The summed E-state index contributed by atoms with van der Waals surface area (Å²) in [5.74, 6) is 1.68. The van der Waals surface area contributed by atoms with Crippen molar-refractivity contribution < 1.29 is 9.90 Å². The third-order valence-corrected chi connectivity index (χ3v) is 6.65. The number of nitrogens with zero attached hydrogens (tertiary/aromatic N) is 2. The van der Waals surface area contributed by atoms with E-state index in [0.29, 0.717) is 36.4 Å². The number of halogens is 2. The lowest BCUT2D eigenvalue weighted by Gasteiger charge is -2.46. The van der Waals surface area contributed by atoms with E-state index in [2.05, 4.69) is 16.7 Å². The summed E-state index contributed by atoms with van der Waals surface area (Å²) >= 11 is 0. The quantitative estimate of drug-likeness (QED) is 0.746. The van der Waals surface area contributed by atoms with Gasteiger partial charge in [0.1, 0.15) is 0 Å². The first kappa shape index (κ1) is 24.0. The number of rotatable bonds is 4. The third-order valence-electron chi connectivity index (χ3n) is 6.65. The Bertz CT molecular complexity index is 439. The molecular formula is C19H37Cl2N3O2. The molecule has 0 aromatic carbocycles. The van der Waals surface area contributed by atoms with Crippen LogP contribution in [-0.2, 0) is 4.79 Å². The lowest BCUT2D eigenvalue weighted by molar-refractivity contribution is -0.142. The Morgan fingerprint density at radius 1 is 1.19 bits per heavy atom. The summed E-state index contributed by atoms with van der Waals surface area (Å²) in [7, 11) is 0. The maximum absolute atomic E-state index is 13.1. The van der Waals surface area contributed by atoms with Crippen LogP contribution in [0.1, 0.15) is 52.4 Å². The number of carbonyl (C=O) groups excluding carboxylic acids is 1. The molecule has 0 radical (unpaired) electrons. The van der Waals surface area contributed by atoms with Gasteiger partial charge in [0, 0.05) is 44.2 Å². The summed E-state index contributed by atoms with van der Waals surface area (Å²) in [6.45, 7) is 7.24. The topological polar surface area (TPSA) is 69.8 Å². The van der Waals surface area contributed by atoms with Gasteiger partial charge in [0.05, 0.1) is 6.10 Å². The number of carbonyl (C=O) groups is 1. The Kier molecular flexibility index (Phi) is 9.65. The molecule has 2 bridgehead atoms. The van der Waals surface area contributed by atoms with E-state index >= 15 is 0 Å². The van der Waals surface area contributed by atoms with E-state index in [9.17, 15) is 9.90 Å². The highest BCUT2D eigenvalue weighted by Gasteiger charge is 2.42. The van der Waals surface area contributed by atoms with Gasteiger partial charge in [-0.2, -0.15) is 0 Å². The molecule has 26 heavy (non-hydrogen) atoms. The predicted molar refractivity (Wildman–Crippen MR) is 110 cm³/mol. The highest BCUT2D eigenvalue weighted by molar-refractivity contribution is 5.85. The van der Waals surface area contributed by atoms with Crippen LogP contribution in [0.5, 0.6) is 0 Å². The summed E-state index contributed by atoms with van der Waals surface area (Å²) in [4.78, 5) is 17.5. The molecule has 4 atom stereocenters. The van der Waals surface area contributed by atoms with Crippen molar-refractivity contribution >= 4 is 30.7 Å². The first-order valence-corrected chi connectivity index (χ1v) is 9.96. The lowest BCUT2D eigenvalue weighted by Crippen LogP contribution is -2.58. The zero-order valence-corrected chi connectivity index (χ0v) is 17.8. The zero-order chi connectivity index (χ0) is 17.3. The van der Waals surface area contributed by atoms with E-state index in [-0.39, 0.29) is 36.8 Å². The molecule has 1 amide bonds. The van der Waals surface area contributed by atoms with Crippen LogP contribution < -0.4 is 5.73 Å². The molecule has 3 rings (SSSR count). The maximum atomic E-state index is 13.1. The summed E-state index contributed by atoms with van der Waals surface area (Å²) < 4.78 is 0. The van der Waals surface area contributed by atoms with Crippen LogP contribution in [-0.4, -0.2) is 65.2 Å². The molecule has 2 saturated carbocycles. The fraction of sp³-hybridized carbons (Fsp3) is 0.947. The summed E-state index contributed by atoms with van der Waals surface area (Å²) in [5.41, 5.74) is 6.38. The van der Waals surface area contributed by atoms with Gasteiger partial charge in [-0.05, 0) is 50.9 Å². The molecule has 4 unspecified atom stereocenters. The largest absolute Gasteiger partial charge is 0.392 e. The van der Waals surface area contributed by atoms with E-state index in [1.165, 1.54) is 19.3 Å². The molecule has 0 spiro atoms. The maximum Gasteiger partial charge on any atom is 0.225 e. The van der Waals surface area contributed by atoms with E-state index < -0.39 is 0 Å². The van der Waals surface area contributed by atoms with E-state index in [0.717, 1.165) is 38.9 Å². The summed E-state index contributed by atoms with van der Waals surface area (Å²) in [6.07, 6.45) is 6.43. The SMILES string of the molecule is CCC1CN(C(=O)C2CC3CCCC(C2)C3N)CCN1CC(C)O.Cl.Cl. The van der Waals surface area contributed by atoms with E-state index in [1.807, 2.05) is 6.92 Å². The number of hydrogen-bond donors (Lipinski definition) is 2. The number of fused-ring (bicyclic) bond motifs is 2. The normalized spacial score (nSPS) is 35.8. The van der Waals surface area contributed by atoms with Gasteiger partial charge in [-0.3, -0.25) is 9.69 Å². The molecule has 154 valence electrons. The molecule has 1 aliphatic heterocycles. The van der Waals surface area contributed by atoms with Gasteiger partial charge >= 0.3 is 0 Å². The van der Waals surface area contributed by atoms with Gasteiger partial charge in [0.25, 0.3) is 0 Å². The van der Waals surface area contributed by atoms with Crippen LogP contribution in [0.15, 0.2) is 0 Å². The number of nitrogens with two attached hydrogens (primary N) is 1. The fourth-order valence-electron chi connectivity index (χ4n) is 5.31. The number of piperazine rings is 1. The van der Waals surface area contributed by atoms with Crippen LogP contribution in [0.25, 0.3) is 0 Å². The van der Waals surface area contributed by atoms with Crippen LogP contribution in [0.2, 0.25) is 0 Å². The minimum Gasteiger partial charge on any atom is -0.392 e. The van der Waals surface area contributed by atoms with E-state index in [4.69, 9.17) is 5.73 Å². The molecule has 0 aromatic rings. The van der Waals surface area contributed by atoms with Gasteiger partial charge in [-0.25, -0.2) is 0 Å². The molecule has 3 aliphatic rings. The Hall–Kier alpha value is -0.0700. The van der Waals surface area contributed by atoms with Crippen molar-refractivity contribution in [1.29, 1.82) is 0 Å². The molecule has 2 aliphatic carbocycles. The highest BCUT2D eigenvalue weighted by Crippen LogP contribution is 2.42. The van der Waals surface area contributed by atoms with Crippen molar-refractivity contribution in [3.05, 3.63) is 0 Å². The van der Waals surface area contributed by atoms with Crippen molar-refractivity contribution in [1.82, 2.24) is 9.80 Å². The highest BCUT2D eigenvalue weighted by atomic mass is 35.5. The number of aliphatic hydroxyl groups excluding tert-OH is 1. The first-order valence-electron chi connectivity index (χ1n) is 9.96. The Morgan fingerprint density at radius 2 is 1.81 bits per heavy atom. The average Bonchev–Trinajstić information content (AvgIpc) is 2.54. The Labute approximate surface area is 170 Å². The molecule has 0 aromatic heterocycles. The molecule has 1 heterocycles. The van der Waals surface area contributed by atoms with Crippen LogP contribution in [0.4, 0.5) is 0 Å². The van der Waals surface area contributed by atoms with Crippen LogP contribution in [0.3, 0.4) is 0 Å². The smallest absolute Gasteiger partial charge is 0.225 e. The van der Waals surface area contributed by atoms with Crippen LogP contribution >= 0.6 is 24.8 Å². The van der Waals surface area contributed by atoms with Gasteiger partial charge in [-0.1, -0.05) is 13.3 Å². The molecule has 5 nitrogen and oxygen atoms in total. The van der Waals surface area contributed by atoms with Crippen molar-refractivity contribution in [2.24, 2.45) is 23.5 Å². The Morgan fingerprint density at radius 3 is 2.35 bits per heavy atom. The Balaban J connectivity index is 0.00000169. The number of amides is 1. The van der Waals surface area contributed by atoms with Gasteiger partial charge in [-0.15, -0.1) is 24.8 Å². The second-order valence-corrected chi connectivity index (χ2v) is 8.39. The van der Waals surface area contributed by atoms with E-state index in [1.54, 1.807) is 0 Å². The van der Waals surface area contributed by atoms with Gasteiger partial charge in [0.2, 0.25) is 5.91 Å². The number of hydrogen-bond acceptors (Lipinski definition) is 4. The molecule has 3 fully saturated rings. The molecular weight excluding hydrogens is 373 g/mol. The minimum atomic E-state index is -0.305. The molecule has 7 heteroatoms. The van der Waals surface area contributed by atoms with Crippen molar-refractivity contribution in [3.8, 4) is 0 Å². The van der Waals surface area contributed by atoms with Gasteiger partial charge in [0.15, 0.2) is 0 Å². The monoisotopic (exact) mass is 409 g/mol.